The van der Waals surface area contributed by atoms with Gasteiger partial charge < -0.3 is 4.57 Å². The van der Waals surface area contributed by atoms with E-state index in [1.54, 1.807) is 19.1 Å². The molecule has 0 saturated heterocycles. The first-order valence-electron chi connectivity index (χ1n) is 7.91. The number of aromatic nitrogens is 3. The van der Waals surface area contributed by atoms with Gasteiger partial charge >= 0.3 is 0 Å². The third-order valence-electron chi connectivity index (χ3n) is 4.10. The minimum atomic E-state index is 0.0468. The lowest BCUT2D eigenvalue weighted by atomic mass is 10.1. The van der Waals surface area contributed by atoms with Gasteiger partial charge in [0.05, 0.1) is 28.0 Å². The molecule has 25 heavy (non-hydrogen) atoms. The Morgan fingerprint density at radius 3 is 2.80 bits per heavy atom. The van der Waals surface area contributed by atoms with Crippen LogP contribution in [0.4, 0.5) is 0 Å². The second kappa shape index (κ2) is 6.96. The van der Waals surface area contributed by atoms with Crippen molar-refractivity contribution in [2.45, 2.75) is 26.4 Å². The van der Waals surface area contributed by atoms with Crippen molar-refractivity contribution < 1.29 is 4.79 Å². The summed E-state index contributed by atoms with van der Waals surface area (Å²) in [5, 5.41) is 14.0. The molecule has 3 rings (SSSR count). The Balaban J connectivity index is 1.81. The smallest absolute Gasteiger partial charge is 0.176 e. The van der Waals surface area contributed by atoms with Crippen molar-refractivity contribution in [3.05, 3.63) is 65.1 Å². The van der Waals surface area contributed by atoms with Crippen molar-refractivity contribution in [2.24, 2.45) is 0 Å². The fourth-order valence-corrected chi connectivity index (χ4v) is 2.99. The van der Waals surface area contributed by atoms with Crippen LogP contribution in [0, 0.1) is 11.3 Å². The van der Waals surface area contributed by atoms with Crippen LogP contribution in [0.5, 0.6) is 0 Å². The van der Waals surface area contributed by atoms with Gasteiger partial charge in [0.15, 0.2) is 5.78 Å². The van der Waals surface area contributed by atoms with Crippen LogP contribution in [0.25, 0.3) is 11.3 Å². The SMILES string of the molecule is CC(=O)c1cccn1C[C@H](C)n1ccc(-c2ccc(C#N)c(Cl)c2)n1. The van der Waals surface area contributed by atoms with E-state index in [4.69, 9.17) is 16.9 Å². The van der Waals surface area contributed by atoms with Crippen LogP contribution in [-0.2, 0) is 6.54 Å². The van der Waals surface area contributed by atoms with Crippen molar-refractivity contribution in [3.8, 4) is 17.3 Å². The zero-order valence-corrected chi connectivity index (χ0v) is 14.7. The molecule has 0 unspecified atom stereocenters. The fraction of sp³-hybridized carbons (Fsp3) is 0.211. The van der Waals surface area contributed by atoms with Crippen LogP contribution in [-0.4, -0.2) is 20.1 Å². The van der Waals surface area contributed by atoms with Gasteiger partial charge in [0.25, 0.3) is 0 Å². The number of benzene rings is 1. The van der Waals surface area contributed by atoms with Crippen molar-refractivity contribution in [3.63, 3.8) is 0 Å². The molecule has 6 heteroatoms. The Labute approximate surface area is 151 Å². The third kappa shape index (κ3) is 3.49. The summed E-state index contributed by atoms with van der Waals surface area (Å²) in [6, 6.07) is 13.0. The zero-order chi connectivity index (χ0) is 18.0. The molecule has 0 aliphatic rings. The van der Waals surface area contributed by atoms with E-state index >= 15 is 0 Å². The first-order chi connectivity index (χ1) is 12.0. The van der Waals surface area contributed by atoms with Crippen molar-refractivity contribution in [1.82, 2.24) is 14.3 Å². The van der Waals surface area contributed by atoms with Gasteiger partial charge in [-0.25, -0.2) is 0 Å². The number of halogens is 1. The van der Waals surface area contributed by atoms with E-state index in [1.807, 2.05) is 58.9 Å². The molecule has 1 atom stereocenters. The van der Waals surface area contributed by atoms with Gasteiger partial charge in [-0.2, -0.15) is 10.4 Å². The topological polar surface area (TPSA) is 63.6 Å². The fourth-order valence-electron chi connectivity index (χ4n) is 2.76. The normalized spacial score (nSPS) is 11.9. The standard InChI is InChI=1S/C19H17ClN4O/c1-13(12-23-8-3-4-19(23)14(2)25)24-9-7-18(22-24)15-5-6-16(11-21)17(20)10-15/h3-10,13H,12H2,1-2H3/t13-/m0/s1. The summed E-state index contributed by atoms with van der Waals surface area (Å²) in [6.07, 6.45) is 3.81. The van der Waals surface area contributed by atoms with Gasteiger partial charge in [0.1, 0.15) is 6.07 Å². The van der Waals surface area contributed by atoms with Crippen LogP contribution >= 0.6 is 11.6 Å². The predicted molar refractivity (Wildman–Crippen MR) is 96.5 cm³/mol. The minimum Gasteiger partial charge on any atom is -0.343 e. The lowest BCUT2D eigenvalue weighted by Crippen LogP contribution is -2.16. The quantitative estimate of drug-likeness (QED) is 0.641. The molecular formula is C19H17ClN4O. The second-order valence-electron chi connectivity index (χ2n) is 5.94. The van der Waals surface area contributed by atoms with E-state index < -0.39 is 0 Å². The zero-order valence-electron chi connectivity index (χ0n) is 14.0. The van der Waals surface area contributed by atoms with E-state index in [9.17, 15) is 4.79 Å². The molecule has 0 aliphatic heterocycles. The predicted octanol–water partition coefficient (Wildman–Crippen LogP) is 4.34. The highest BCUT2D eigenvalue weighted by Gasteiger charge is 2.13. The minimum absolute atomic E-state index is 0.0468. The van der Waals surface area contributed by atoms with Crippen LogP contribution in [0.1, 0.15) is 35.9 Å². The number of hydrogen-bond donors (Lipinski definition) is 0. The molecule has 0 aliphatic carbocycles. The van der Waals surface area contributed by atoms with Gasteiger partial charge in [0.2, 0.25) is 0 Å². The third-order valence-corrected chi connectivity index (χ3v) is 4.41. The molecule has 0 saturated carbocycles. The summed E-state index contributed by atoms with van der Waals surface area (Å²) in [6.45, 7) is 4.26. The lowest BCUT2D eigenvalue weighted by molar-refractivity contribution is 0.100. The largest absolute Gasteiger partial charge is 0.343 e. The molecule has 126 valence electrons. The Bertz CT molecular complexity index is 964. The second-order valence-corrected chi connectivity index (χ2v) is 6.35. The number of nitrogens with zero attached hydrogens (tertiary/aromatic N) is 4. The first-order valence-corrected chi connectivity index (χ1v) is 8.28. The highest BCUT2D eigenvalue weighted by atomic mass is 35.5. The summed E-state index contributed by atoms with van der Waals surface area (Å²) in [7, 11) is 0. The number of Topliss-reactive ketones (excluding diaryl/α,β-unsaturated/α-hetero) is 1. The molecular weight excluding hydrogens is 336 g/mol. The molecule has 5 nitrogen and oxygen atoms in total. The van der Waals surface area contributed by atoms with Crippen LogP contribution in [0.2, 0.25) is 5.02 Å². The molecule has 0 bridgehead atoms. The van der Waals surface area contributed by atoms with Gasteiger partial charge in [-0.05, 0) is 37.3 Å². The summed E-state index contributed by atoms with van der Waals surface area (Å²) < 4.78 is 3.80. The molecule has 0 amide bonds. The molecule has 1 aromatic carbocycles. The maximum absolute atomic E-state index is 11.6. The number of hydrogen-bond acceptors (Lipinski definition) is 3. The van der Waals surface area contributed by atoms with Crippen LogP contribution in [0.3, 0.4) is 0 Å². The molecule has 0 spiro atoms. The number of carbonyl (C=O) groups is 1. The highest BCUT2D eigenvalue weighted by Crippen LogP contribution is 2.25. The summed E-state index contributed by atoms with van der Waals surface area (Å²) in [4.78, 5) is 11.6. The van der Waals surface area contributed by atoms with Gasteiger partial charge in [-0.1, -0.05) is 17.7 Å². The number of ketones is 1. The van der Waals surface area contributed by atoms with Crippen LogP contribution < -0.4 is 0 Å². The first kappa shape index (κ1) is 17.0. The van der Waals surface area contributed by atoms with E-state index in [2.05, 4.69) is 5.10 Å². The Morgan fingerprint density at radius 1 is 1.32 bits per heavy atom. The van der Waals surface area contributed by atoms with Gasteiger partial charge in [-0.3, -0.25) is 9.48 Å². The molecule has 2 aromatic heterocycles. The maximum atomic E-state index is 11.6. The molecule has 0 fully saturated rings. The lowest BCUT2D eigenvalue weighted by Gasteiger charge is -2.15. The summed E-state index contributed by atoms with van der Waals surface area (Å²) >= 11 is 6.10. The molecule has 2 heterocycles. The number of carbonyl (C=O) groups excluding carboxylic acids is 1. The molecule has 0 radical (unpaired) electrons. The van der Waals surface area contributed by atoms with E-state index in [0.29, 0.717) is 22.8 Å². The molecule has 0 N–H and O–H groups in total. The van der Waals surface area contributed by atoms with Crippen molar-refractivity contribution >= 4 is 17.4 Å². The number of rotatable bonds is 5. The Kier molecular flexibility index (Phi) is 4.73. The Hall–Kier alpha value is -2.84. The van der Waals surface area contributed by atoms with E-state index in [-0.39, 0.29) is 11.8 Å². The summed E-state index contributed by atoms with van der Waals surface area (Å²) in [5.74, 6) is 0.0468. The van der Waals surface area contributed by atoms with E-state index in [0.717, 1.165) is 11.3 Å². The maximum Gasteiger partial charge on any atom is 0.176 e. The van der Waals surface area contributed by atoms with Gasteiger partial charge in [-0.15, -0.1) is 0 Å². The number of nitriles is 1. The van der Waals surface area contributed by atoms with E-state index in [1.165, 1.54) is 0 Å². The van der Waals surface area contributed by atoms with Crippen molar-refractivity contribution in [1.29, 1.82) is 5.26 Å². The average Bonchev–Trinajstić information content (AvgIpc) is 3.24. The molecule has 3 aromatic rings. The highest BCUT2D eigenvalue weighted by molar-refractivity contribution is 6.32. The monoisotopic (exact) mass is 352 g/mol. The van der Waals surface area contributed by atoms with Crippen molar-refractivity contribution in [2.75, 3.05) is 0 Å². The van der Waals surface area contributed by atoms with Crippen LogP contribution in [0.15, 0.2) is 48.8 Å². The summed E-state index contributed by atoms with van der Waals surface area (Å²) in [5.41, 5.74) is 2.79. The van der Waals surface area contributed by atoms with Gasteiger partial charge in [0, 0.05) is 31.4 Å². The average molecular weight is 353 g/mol. The Morgan fingerprint density at radius 2 is 2.12 bits per heavy atom.